The fourth-order valence-electron chi connectivity index (χ4n) is 6.00. The average Bonchev–Trinajstić information content (AvgIpc) is 3.45. The van der Waals surface area contributed by atoms with Crippen LogP contribution in [0, 0.1) is 18.6 Å². The smallest absolute Gasteiger partial charge is 0.229 e. The molecule has 6 rings (SSSR count). The van der Waals surface area contributed by atoms with Crippen LogP contribution < -0.4 is 5.32 Å². The standard InChI is InChI=1S/C29H34F2N8O/c1-18(2)39-19(3)34-27-22(30)11-21(12-24(27)39)26-23(31)14-33-28(36-26)35-25-6-5-20(13-32-25)15-38-9-10-40-29(17-38)7-8-37(4)16-29/h5-6,11-14,18H,7-10,15-17H2,1-4H3,(H,32,33,35,36)/t29-/m0/s1. The number of aromatic nitrogens is 5. The molecule has 1 N–H and O–H groups in total. The third-order valence-corrected chi connectivity index (χ3v) is 7.76. The Bertz CT molecular complexity index is 1540. The summed E-state index contributed by atoms with van der Waals surface area (Å²) in [5.74, 6) is 0.237. The van der Waals surface area contributed by atoms with Crippen LogP contribution in [0.4, 0.5) is 20.5 Å². The Labute approximate surface area is 232 Å². The van der Waals surface area contributed by atoms with Gasteiger partial charge in [-0.1, -0.05) is 6.07 Å². The molecule has 9 nitrogen and oxygen atoms in total. The van der Waals surface area contributed by atoms with Crippen LogP contribution >= 0.6 is 0 Å². The van der Waals surface area contributed by atoms with Crippen LogP contribution in [-0.2, 0) is 11.3 Å². The van der Waals surface area contributed by atoms with E-state index in [1.54, 1.807) is 6.07 Å². The van der Waals surface area contributed by atoms with Gasteiger partial charge in [0.1, 0.15) is 22.9 Å². The largest absolute Gasteiger partial charge is 0.371 e. The zero-order valence-corrected chi connectivity index (χ0v) is 23.3. The summed E-state index contributed by atoms with van der Waals surface area (Å²) in [6.07, 6.45) is 3.97. The predicted molar refractivity (Wildman–Crippen MR) is 149 cm³/mol. The summed E-state index contributed by atoms with van der Waals surface area (Å²) in [5, 5.41) is 3.05. The molecule has 0 saturated carbocycles. The van der Waals surface area contributed by atoms with E-state index in [0.717, 1.165) is 57.5 Å². The Balaban J connectivity index is 1.19. The predicted octanol–water partition coefficient (Wildman–Crippen LogP) is 4.71. The highest BCUT2D eigenvalue weighted by molar-refractivity contribution is 5.83. The molecule has 40 heavy (non-hydrogen) atoms. The molecule has 2 fully saturated rings. The molecule has 0 unspecified atom stereocenters. The monoisotopic (exact) mass is 548 g/mol. The van der Waals surface area contributed by atoms with Crippen molar-refractivity contribution in [1.82, 2.24) is 34.3 Å². The first-order chi connectivity index (χ1) is 19.2. The van der Waals surface area contributed by atoms with Crippen molar-refractivity contribution >= 4 is 22.8 Å². The van der Waals surface area contributed by atoms with E-state index in [4.69, 9.17) is 4.74 Å². The van der Waals surface area contributed by atoms with Gasteiger partial charge < -0.3 is 19.5 Å². The van der Waals surface area contributed by atoms with Gasteiger partial charge in [0.05, 0.1) is 23.9 Å². The number of hydrogen-bond acceptors (Lipinski definition) is 8. The maximum absolute atomic E-state index is 15.0. The Morgan fingerprint density at radius 3 is 2.62 bits per heavy atom. The maximum Gasteiger partial charge on any atom is 0.229 e. The van der Waals surface area contributed by atoms with Crippen LogP contribution in [0.2, 0.25) is 0 Å². The number of benzene rings is 1. The summed E-state index contributed by atoms with van der Waals surface area (Å²) < 4.78 is 38.0. The van der Waals surface area contributed by atoms with Crippen molar-refractivity contribution < 1.29 is 13.5 Å². The lowest BCUT2D eigenvalue weighted by molar-refractivity contribution is -0.102. The van der Waals surface area contributed by atoms with E-state index in [1.807, 2.05) is 43.7 Å². The average molecular weight is 549 g/mol. The zero-order chi connectivity index (χ0) is 28.0. The minimum absolute atomic E-state index is 0.00267. The fraction of sp³-hybridized carbons (Fsp3) is 0.448. The van der Waals surface area contributed by atoms with Crippen LogP contribution in [0.15, 0.2) is 36.7 Å². The number of nitrogens with one attached hydrogen (secondary N) is 1. The highest BCUT2D eigenvalue weighted by atomic mass is 19.1. The third kappa shape index (κ3) is 5.16. The van der Waals surface area contributed by atoms with Gasteiger partial charge in [-0.2, -0.15) is 0 Å². The van der Waals surface area contributed by atoms with Crippen molar-refractivity contribution in [2.75, 3.05) is 45.2 Å². The molecule has 3 aromatic heterocycles. The molecule has 4 aromatic rings. The van der Waals surface area contributed by atoms with Gasteiger partial charge in [-0.05, 0) is 58.0 Å². The van der Waals surface area contributed by atoms with Crippen LogP contribution in [0.5, 0.6) is 0 Å². The number of likely N-dealkylation sites (N-methyl/N-ethyl adjacent to an activating group) is 1. The van der Waals surface area contributed by atoms with Crippen molar-refractivity contribution in [1.29, 1.82) is 0 Å². The molecule has 0 aliphatic carbocycles. The Hall–Kier alpha value is -3.54. The minimum atomic E-state index is -0.642. The zero-order valence-electron chi connectivity index (χ0n) is 23.3. The first-order valence-electron chi connectivity index (χ1n) is 13.7. The molecule has 210 valence electrons. The van der Waals surface area contributed by atoms with E-state index in [2.05, 4.69) is 42.1 Å². The third-order valence-electron chi connectivity index (χ3n) is 7.76. The first kappa shape index (κ1) is 26.7. The molecule has 11 heteroatoms. The van der Waals surface area contributed by atoms with E-state index < -0.39 is 11.6 Å². The van der Waals surface area contributed by atoms with Crippen molar-refractivity contribution in [2.45, 2.75) is 45.4 Å². The number of fused-ring (bicyclic) bond motifs is 1. The molecular weight excluding hydrogens is 514 g/mol. The van der Waals surface area contributed by atoms with Gasteiger partial charge in [0.25, 0.3) is 0 Å². The summed E-state index contributed by atoms with van der Waals surface area (Å²) in [6, 6.07) is 6.93. The van der Waals surface area contributed by atoms with Crippen LogP contribution in [0.25, 0.3) is 22.3 Å². The van der Waals surface area contributed by atoms with E-state index in [0.29, 0.717) is 22.7 Å². The lowest BCUT2D eigenvalue weighted by Gasteiger charge is -2.40. The molecular formula is C29H34F2N8O. The number of ether oxygens (including phenoxy) is 1. The molecule has 2 saturated heterocycles. The van der Waals surface area contributed by atoms with Crippen LogP contribution in [0.1, 0.15) is 37.7 Å². The van der Waals surface area contributed by atoms with Gasteiger partial charge in [-0.3, -0.25) is 4.90 Å². The Morgan fingerprint density at radius 1 is 1.05 bits per heavy atom. The quantitative estimate of drug-likeness (QED) is 0.371. The molecule has 2 aliphatic heterocycles. The van der Waals surface area contributed by atoms with Gasteiger partial charge in [0, 0.05) is 50.5 Å². The number of nitrogens with zero attached hydrogens (tertiary/aromatic N) is 7. The van der Waals surface area contributed by atoms with Crippen LogP contribution in [0.3, 0.4) is 0 Å². The van der Waals surface area contributed by atoms with Crippen LogP contribution in [-0.4, -0.2) is 79.7 Å². The molecule has 2 aliphatic rings. The van der Waals surface area contributed by atoms with Gasteiger partial charge in [-0.15, -0.1) is 0 Å². The van der Waals surface area contributed by atoms with Gasteiger partial charge in [0.2, 0.25) is 5.95 Å². The molecule has 0 radical (unpaired) electrons. The maximum atomic E-state index is 15.0. The number of pyridine rings is 1. The minimum Gasteiger partial charge on any atom is -0.371 e. The second-order valence-electron chi connectivity index (χ2n) is 11.2. The summed E-state index contributed by atoms with van der Waals surface area (Å²) >= 11 is 0. The molecule has 5 heterocycles. The molecule has 0 amide bonds. The number of aryl methyl sites for hydroxylation is 1. The fourth-order valence-corrected chi connectivity index (χ4v) is 6.00. The SMILES string of the molecule is Cc1nc2c(F)cc(-c3nc(Nc4ccc(CN5CCO[C@]6(CCN(C)C6)C5)cn4)ncc3F)cc2n1C(C)C. The second-order valence-corrected chi connectivity index (χ2v) is 11.2. The number of likely N-dealkylation sites (tertiary alicyclic amines) is 1. The highest BCUT2D eigenvalue weighted by Crippen LogP contribution is 2.31. The second kappa shape index (κ2) is 10.5. The summed E-state index contributed by atoms with van der Waals surface area (Å²) in [5.41, 5.74) is 2.20. The van der Waals surface area contributed by atoms with E-state index in [-0.39, 0.29) is 28.8 Å². The number of morpholine rings is 1. The summed E-state index contributed by atoms with van der Waals surface area (Å²) in [7, 11) is 2.14. The first-order valence-corrected chi connectivity index (χ1v) is 13.7. The highest BCUT2D eigenvalue weighted by Gasteiger charge is 2.41. The molecule has 1 aromatic carbocycles. The normalized spacial score (nSPS) is 20.3. The van der Waals surface area contributed by atoms with Crippen molar-refractivity contribution in [3.63, 3.8) is 0 Å². The Kier molecular flexibility index (Phi) is 6.97. The number of hydrogen-bond donors (Lipinski definition) is 1. The summed E-state index contributed by atoms with van der Waals surface area (Å²) in [4.78, 5) is 22.1. The lowest BCUT2D eigenvalue weighted by atomic mass is 10.0. The van der Waals surface area contributed by atoms with E-state index in [9.17, 15) is 8.78 Å². The number of anilines is 2. The van der Waals surface area contributed by atoms with E-state index in [1.165, 1.54) is 6.07 Å². The van der Waals surface area contributed by atoms with E-state index >= 15 is 0 Å². The number of rotatable bonds is 6. The molecule has 1 atom stereocenters. The summed E-state index contributed by atoms with van der Waals surface area (Å²) in [6.45, 7) is 11.2. The number of imidazole rings is 1. The Morgan fingerprint density at radius 2 is 1.90 bits per heavy atom. The van der Waals surface area contributed by atoms with Crippen molar-refractivity contribution in [3.8, 4) is 11.3 Å². The topological polar surface area (TPSA) is 84.2 Å². The molecule has 1 spiro atoms. The number of halogens is 2. The van der Waals surface area contributed by atoms with Gasteiger partial charge in [0.15, 0.2) is 11.6 Å². The lowest BCUT2D eigenvalue weighted by Crippen LogP contribution is -2.52. The van der Waals surface area contributed by atoms with Gasteiger partial charge >= 0.3 is 0 Å². The van der Waals surface area contributed by atoms with Crippen molar-refractivity contribution in [2.24, 2.45) is 0 Å². The van der Waals surface area contributed by atoms with Gasteiger partial charge in [-0.25, -0.2) is 28.7 Å². The molecule has 0 bridgehead atoms. The van der Waals surface area contributed by atoms with Crippen molar-refractivity contribution in [3.05, 3.63) is 59.7 Å².